The quantitative estimate of drug-likeness (QED) is 0.321. The van der Waals surface area contributed by atoms with Crippen molar-refractivity contribution in [3.8, 4) is 0 Å². The number of cyclic esters (lactones) is 1. The molecule has 0 aliphatic carbocycles. The first-order valence-electron chi connectivity index (χ1n) is 3.20. The summed E-state index contributed by atoms with van der Waals surface area (Å²) in [5.41, 5.74) is 0. The number of esters is 1. The smallest absolute Gasteiger partial charge is 0.505 e. The first-order valence-corrected chi connectivity index (χ1v) is 3.20. The van der Waals surface area contributed by atoms with Gasteiger partial charge in [0, 0.05) is 0 Å². The van der Waals surface area contributed by atoms with Crippen LogP contribution in [0.2, 0.25) is 0 Å². The van der Waals surface area contributed by atoms with Crippen LogP contribution in [0, 0.1) is 0 Å². The van der Waals surface area contributed by atoms with Gasteiger partial charge in [-0.25, -0.2) is 4.79 Å². The van der Waals surface area contributed by atoms with Gasteiger partial charge in [0.15, 0.2) is 11.9 Å². The van der Waals surface area contributed by atoms with Crippen LogP contribution in [-0.2, 0) is 9.53 Å². The van der Waals surface area contributed by atoms with Gasteiger partial charge in [-0.2, -0.15) is 0 Å². The molecule has 11 radical (unpaired) electrons. The fourth-order valence-electron chi connectivity index (χ4n) is 0.823. The van der Waals surface area contributed by atoms with E-state index in [0.717, 1.165) is 0 Å². The van der Waals surface area contributed by atoms with E-state index in [0.29, 0.717) is 0 Å². The second-order valence-corrected chi connectivity index (χ2v) is 2.31. The molecule has 0 saturated carbocycles. The summed E-state index contributed by atoms with van der Waals surface area (Å²) < 4.78 is 4.32. The molecule has 0 aromatic carbocycles. The molecule has 0 amide bonds. The fraction of sp³-hybridized carbons (Fsp3) is 0.500. The number of hydrogen-bond donors (Lipinski definition) is 4. The molecule has 65 valence electrons. The third-order valence-electron chi connectivity index (χ3n) is 1.48. The van der Waals surface area contributed by atoms with E-state index in [1.54, 1.807) is 0 Å². The molecule has 6 nitrogen and oxygen atoms in total. The van der Waals surface area contributed by atoms with E-state index in [1.165, 1.54) is 0 Å². The van der Waals surface area contributed by atoms with E-state index < -0.39 is 36.3 Å². The second kappa shape index (κ2) is 5.02. The number of carbonyl (C=O) groups excluding carboxylic acids is 1. The number of aliphatic hydroxyl groups excluding tert-OH is 4. The zero-order valence-electron chi connectivity index (χ0n) is 6.67. The first-order chi connectivity index (χ1) is 5.57. The molecule has 2 atom stereocenters. The van der Waals surface area contributed by atoms with E-state index in [-0.39, 0.29) is 37.7 Å². The summed E-state index contributed by atoms with van der Waals surface area (Å²) in [5.74, 6) is -2.78. The average molecular weight is 216 g/mol. The Labute approximate surface area is 103 Å². The van der Waals surface area contributed by atoms with Crippen molar-refractivity contribution in [3.63, 3.8) is 0 Å². The third kappa shape index (κ3) is 2.47. The van der Waals surface area contributed by atoms with Crippen LogP contribution in [0.15, 0.2) is 11.5 Å². The monoisotopic (exact) mass is 216 g/mol. The molecule has 0 saturated heterocycles. The Morgan fingerprint density at radius 3 is 2.31 bits per heavy atom. The zero-order chi connectivity index (χ0) is 9.30. The molecule has 0 fully saturated rings. The predicted octanol–water partition coefficient (Wildman–Crippen LogP) is -1.79. The largest absolute Gasteiger partial charge is 5.00 e. The van der Waals surface area contributed by atoms with Gasteiger partial charge in [0.25, 0.3) is 0 Å². The van der Waals surface area contributed by atoms with Crippen molar-refractivity contribution in [2.45, 2.75) is 12.2 Å². The van der Waals surface area contributed by atoms with E-state index in [1.807, 2.05) is 0 Å². The molecule has 0 aromatic heterocycles. The number of aliphatic hydroxyl groups is 4. The van der Waals surface area contributed by atoms with Gasteiger partial charge in [-0.15, -0.1) is 0 Å². The van der Waals surface area contributed by atoms with Crippen molar-refractivity contribution in [1.29, 1.82) is 0 Å². The maximum Gasteiger partial charge on any atom is 5.00 e. The van der Waals surface area contributed by atoms with Crippen LogP contribution in [0.3, 0.4) is 0 Å². The number of carbonyl (C=O) groups is 1. The maximum absolute atomic E-state index is 10.5. The van der Waals surface area contributed by atoms with Gasteiger partial charge in [-0.3, -0.25) is 0 Å². The minimum absolute atomic E-state index is 0. The molecular weight excluding hydrogens is 208 g/mol. The Morgan fingerprint density at radius 2 is 2.00 bits per heavy atom. The maximum atomic E-state index is 10.5. The Balaban J connectivity index is 0.00000144. The topological polar surface area (TPSA) is 107 Å². The molecule has 0 unspecified atom stereocenters. The Bertz CT molecular complexity index is 237. The van der Waals surface area contributed by atoms with E-state index in [2.05, 4.69) is 4.74 Å². The van der Waals surface area contributed by atoms with E-state index in [4.69, 9.17) is 20.4 Å². The van der Waals surface area contributed by atoms with Crippen LogP contribution in [0.25, 0.3) is 0 Å². The van der Waals surface area contributed by atoms with E-state index >= 15 is 0 Å². The predicted molar refractivity (Wildman–Crippen MR) is 41.0 cm³/mol. The molecule has 1 rings (SSSR count). The van der Waals surface area contributed by atoms with Gasteiger partial charge < -0.3 is 25.2 Å². The Kier molecular flexibility index (Phi) is 5.01. The molecule has 0 spiro atoms. The van der Waals surface area contributed by atoms with Gasteiger partial charge in [0.2, 0.25) is 5.76 Å². The van der Waals surface area contributed by atoms with Crippen molar-refractivity contribution in [1.82, 2.24) is 0 Å². The fourth-order valence-corrected chi connectivity index (χ4v) is 0.823. The molecule has 4 N–H and O–H groups in total. The van der Waals surface area contributed by atoms with Crippen molar-refractivity contribution in [2.24, 2.45) is 0 Å². The molecule has 1 aliphatic rings. The summed E-state index contributed by atoms with van der Waals surface area (Å²) in [6.45, 7) is -0.671. The van der Waals surface area contributed by atoms with Crippen LogP contribution >= 0.6 is 0 Å². The Morgan fingerprint density at radius 1 is 1.46 bits per heavy atom. The van der Waals surface area contributed by atoms with Gasteiger partial charge >= 0.3 is 43.7 Å². The van der Waals surface area contributed by atoms with Crippen LogP contribution in [0.5, 0.6) is 0 Å². The molecule has 13 heavy (non-hydrogen) atoms. The Hall–Kier alpha value is -0.0103. The van der Waals surface area contributed by atoms with Crippen molar-refractivity contribution in [2.75, 3.05) is 6.61 Å². The van der Waals surface area contributed by atoms with Gasteiger partial charge in [-0.05, 0) is 0 Å². The summed E-state index contributed by atoms with van der Waals surface area (Å²) >= 11 is 0. The summed E-state index contributed by atoms with van der Waals surface area (Å²) in [4.78, 5) is 10.5. The van der Waals surface area contributed by atoms with Crippen LogP contribution in [0.4, 0.5) is 0 Å². The summed E-state index contributed by atoms with van der Waals surface area (Å²) in [7, 11) is 0. The van der Waals surface area contributed by atoms with Crippen LogP contribution < -0.4 is 0 Å². The first kappa shape index (κ1) is 13.0. The molecular formula is C6H8CaO6+5. The third-order valence-corrected chi connectivity index (χ3v) is 1.48. The summed E-state index contributed by atoms with van der Waals surface area (Å²) in [5, 5.41) is 35.0. The average Bonchev–Trinajstić information content (AvgIpc) is 2.32. The van der Waals surface area contributed by atoms with Gasteiger partial charge in [0.1, 0.15) is 6.10 Å². The number of hydrogen-bond acceptors (Lipinski definition) is 6. The van der Waals surface area contributed by atoms with Gasteiger partial charge in [0.05, 0.1) is 6.61 Å². The molecule has 0 aromatic rings. The SMILES string of the molecule is O=C1O[C@H]([C@@H](O)CO)C(O)=C1O.[Ca+5]. The standard InChI is InChI=1S/C6H8O6.Ca/c7-1-2(8)5-3(9)4(10)6(11)12-5;/h2,5,7-10H,1H2;/q;+5/t2-,5+;/m0./s1. The summed E-state index contributed by atoms with van der Waals surface area (Å²) in [6.07, 6.45) is -2.78. The molecule has 7 heteroatoms. The molecule has 1 aliphatic heterocycles. The minimum atomic E-state index is -1.42. The van der Waals surface area contributed by atoms with Crippen LogP contribution in [0.1, 0.15) is 0 Å². The second-order valence-electron chi connectivity index (χ2n) is 2.31. The summed E-state index contributed by atoms with van der Waals surface area (Å²) in [6, 6.07) is 0. The van der Waals surface area contributed by atoms with Gasteiger partial charge in [-0.1, -0.05) is 0 Å². The van der Waals surface area contributed by atoms with Crippen molar-refractivity contribution < 1.29 is 30.0 Å². The van der Waals surface area contributed by atoms with Crippen molar-refractivity contribution in [3.05, 3.63) is 11.5 Å². The van der Waals surface area contributed by atoms with Crippen LogP contribution in [-0.4, -0.2) is 82.9 Å². The molecule has 0 bridgehead atoms. The molecule has 1 heterocycles. The van der Waals surface area contributed by atoms with Crippen molar-refractivity contribution >= 4 is 43.7 Å². The van der Waals surface area contributed by atoms with E-state index in [9.17, 15) is 4.79 Å². The zero-order valence-corrected chi connectivity index (χ0v) is 8.88. The normalized spacial score (nSPS) is 23.8. The number of rotatable bonds is 2. The number of ether oxygens (including phenoxy) is 1. The minimum Gasteiger partial charge on any atom is -0.505 e.